The quantitative estimate of drug-likeness (QED) is 0.652. The Kier molecular flexibility index (Phi) is 5.36. The Morgan fingerprint density at radius 2 is 2.12 bits per heavy atom. The fourth-order valence-electron chi connectivity index (χ4n) is 2.45. The highest BCUT2D eigenvalue weighted by Crippen LogP contribution is 2.33. The summed E-state index contributed by atoms with van der Waals surface area (Å²) in [5.74, 6) is 0.384. The highest BCUT2D eigenvalue weighted by atomic mass is 35.5. The molecule has 132 valence electrons. The van der Waals surface area contributed by atoms with Gasteiger partial charge in [-0.05, 0) is 46.1 Å². The summed E-state index contributed by atoms with van der Waals surface area (Å²) < 4.78 is 6.00. The van der Waals surface area contributed by atoms with Crippen molar-refractivity contribution in [2.75, 3.05) is 32.1 Å². The van der Waals surface area contributed by atoms with Gasteiger partial charge < -0.3 is 9.42 Å². The van der Waals surface area contributed by atoms with Crippen LogP contribution in [0.4, 0.5) is 5.13 Å². The number of amides is 1. The van der Waals surface area contributed by atoms with Crippen molar-refractivity contribution in [2.45, 2.75) is 13.3 Å². The van der Waals surface area contributed by atoms with Crippen molar-refractivity contribution in [3.8, 4) is 0 Å². The lowest BCUT2D eigenvalue weighted by Crippen LogP contribution is -2.33. The van der Waals surface area contributed by atoms with Crippen LogP contribution in [0.1, 0.15) is 22.7 Å². The van der Waals surface area contributed by atoms with Crippen molar-refractivity contribution in [1.29, 1.82) is 0 Å². The second-order valence-electron chi connectivity index (χ2n) is 6.02. The minimum Gasteiger partial charge on any atom is -0.361 e. The second kappa shape index (κ2) is 7.51. The molecule has 6 nitrogen and oxygen atoms in total. The van der Waals surface area contributed by atoms with Gasteiger partial charge in [-0.2, -0.15) is 0 Å². The summed E-state index contributed by atoms with van der Waals surface area (Å²) in [4.78, 5) is 21.2. The number of halogens is 1. The van der Waals surface area contributed by atoms with E-state index in [0.29, 0.717) is 28.0 Å². The number of rotatable bonds is 6. The average Bonchev–Trinajstić information content (AvgIpc) is 3.18. The number of benzene rings is 1. The van der Waals surface area contributed by atoms with Gasteiger partial charge in [0.05, 0.1) is 9.72 Å². The third kappa shape index (κ3) is 4.00. The van der Waals surface area contributed by atoms with E-state index in [-0.39, 0.29) is 11.6 Å². The first-order chi connectivity index (χ1) is 12.0. The van der Waals surface area contributed by atoms with Gasteiger partial charge in [-0.3, -0.25) is 9.69 Å². The van der Waals surface area contributed by atoms with Gasteiger partial charge in [0.1, 0.15) is 11.3 Å². The first kappa shape index (κ1) is 17.8. The van der Waals surface area contributed by atoms with Crippen LogP contribution >= 0.6 is 22.9 Å². The van der Waals surface area contributed by atoms with E-state index < -0.39 is 0 Å². The Balaban J connectivity index is 1.93. The molecule has 0 spiro atoms. The van der Waals surface area contributed by atoms with Gasteiger partial charge in [0, 0.05) is 12.6 Å². The van der Waals surface area contributed by atoms with Crippen molar-refractivity contribution in [3.05, 3.63) is 40.7 Å². The third-order valence-corrected chi connectivity index (χ3v) is 5.02. The number of para-hydroxylation sites is 1. The maximum Gasteiger partial charge on any atom is 0.282 e. The zero-order valence-electron chi connectivity index (χ0n) is 14.3. The number of anilines is 1. The minimum absolute atomic E-state index is 0.217. The van der Waals surface area contributed by atoms with Crippen LogP contribution in [0.15, 0.2) is 28.8 Å². The Morgan fingerprint density at radius 3 is 2.76 bits per heavy atom. The molecule has 0 unspecified atom stereocenters. The number of carbonyl (C=O) groups excluding carboxylic acids is 1. The van der Waals surface area contributed by atoms with E-state index in [4.69, 9.17) is 16.1 Å². The summed E-state index contributed by atoms with van der Waals surface area (Å²) in [5, 5.41) is 5.05. The minimum atomic E-state index is -0.217. The van der Waals surface area contributed by atoms with Crippen LogP contribution in [0, 0.1) is 6.92 Å². The SMILES string of the molecule is Cc1cc(C(=O)N(CCCN(C)C)c2nc3c(Cl)cccc3s2)no1. The molecule has 3 rings (SSSR count). The summed E-state index contributed by atoms with van der Waals surface area (Å²) in [7, 11) is 4.01. The summed E-state index contributed by atoms with van der Waals surface area (Å²) >= 11 is 7.67. The number of aromatic nitrogens is 2. The Labute approximate surface area is 155 Å². The molecule has 25 heavy (non-hydrogen) atoms. The lowest BCUT2D eigenvalue weighted by Gasteiger charge is -2.19. The van der Waals surface area contributed by atoms with E-state index in [1.54, 1.807) is 24.0 Å². The third-order valence-electron chi connectivity index (χ3n) is 3.67. The van der Waals surface area contributed by atoms with E-state index in [0.717, 1.165) is 17.7 Å². The molecular weight excluding hydrogens is 360 g/mol. The zero-order chi connectivity index (χ0) is 18.0. The Hall–Kier alpha value is -1.96. The van der Waals surface area contributed by atoms with Gasteiger partial charge >= 0.3 is 0 Å². The lowest BCUT2D eigenvalue weighted by molar-refractivity contribution is 0.0977. The van der Waals surface area contributed by atoms with Gasteiger partial charge in [-0.15, -0.1) is 0 Å². The predicted molar refractivity (Wildman–Crippen MR) is 101 cm³/mol. The van der Waals surface area contributed by atoms with Crippen molar-refractivity contribution < 1.29 is 9.32 Å². The zero-order valence-corrected chi connectivity index (χ0v) is 15.9. The van der Waals surface area contributed by atoms with E-state index in [9.17, 15) is 4.79 Å². The second-order valence-corrected chi connectivity index (χ2v) is 7.44. The summed E-state index contributed by atoms with van der Waals surface area (Å²) in [6.45, 7) is 3.17. The first-order valence-corrected chi connectivity index (χ1v) is 9.10. The normalized spacial score (nSPS) is 11.4. The summed E-state index contributed by atoms with van der Waals surface area (Å²) in [5.41, 5.74) is 0.999. The fraction of sp³-hybridized carbons (Fsp3) is 0.353. The lowest BCUT2D eigenvalue weighted by atomic mass is 10.3. The molecule has 0 fully saturated rings. The summed E-state index contributed by atoms with van der Waals surface area (Å²) in [6.07, 6.45) is 0.819. The molecule has 0 aliphatic rings. The van der Waals surface area contributed by atoms with Gasteiger partial charge in [0.2, 0.25) is 0 Å². The molecule has 1 aromatic carbocycles. The molecule has 3 aromatic rings. The van der Waals surface area contributed by atoms with Crippen molar-refractivity contribution in [3.63, 3.8) is 0 Å². The van der Waals surface area contributed by atoms with Crippen LogP contribution in [0.3, 0.4) is 0 Å². The van der Waals surface area contributed by atoms with Crippen LogP contribution in [0.2, 0.25) is 5.02 Å². The number of hydrogen-bond acceptors (Lipinski definition) is 6. The van der Waals surface area contributed by atoms with Gasteiger partial charge in [0.25, 0.3) is 5.91 Å². The van der Waals surface area contributed by atoms with E-state index in [1.807, 2.05) is 26.2 Å². The Bertz CT molecular complexity index is 890. The van der Waals surface area contributed by atoms with E-state index in [2.05, 4.69) is 15.0 Å². The maximum absolute atomic E-state index is 12.9. The molecule has 0 radical (unpaired) electrons. The molecular formula is C17H19ClN4O2S. The molecule has 8 heteroatoms. The van der Waals surface area contributed by atoms with Crippen molar-refractivity contribution in [1.82, 2.24) is 15.0 Å². The molecule has 0 saturated heterocycles. The topological polar surface area (TPSA) is 62.5 Å². The maximum atomic E-state index is 12.9. The molecule has 0 saturated carbocycles. The molecule has 0 aliphatic carbocycles. The number of thiazole rings is 1. The highest BCUT2D eigenvalue weighted by molar-refractivity contribution is 7.22. The smallest absolute Gasteiger partial charge is 0.282 e. The standard InChI is InChI=1S/C17H19ClN4O2S/c1-11-10-13(20-24-11)16(23)22(9-5-8-21(2)3)17-19-15-12(18)6-4-7-14(15)25-17/h4,6-7,10H,5,8-9H2,1-3H3. The Morgan fingerprint density at radius 1 is 1.32 bits per heavy atom. The van der Waals surface area contributed by atoms with Crippen molar-refractivity contribution >= 4 is 44.2 Å². The molecule has 1 amide bonds. The molecule has 0 N–H and O–H groups in total. The molecule has 2 heterocycles. The number of nitrogens with zero attached hydrogens (tertiary/aromatic N) is 4. The van der Waals surface area contributed by atoms with Crippen LogP contribution in [0.25, 0.3) is 10.2 Å². The van der Waals surface area contributed by atoms with Crippen LogP contribution in [-0.4, -0.2) is 48.1 Å². The first-order valence-electron chi connectivity index (χ1n) is 7.90. The number of fused-ring (bicyclic) bond motifs is 1. The van der Waals surface area contributed by atoms with Gasteiger partial charge in [-0.25, -0.2) is 4.98 Å². The largest absolute Gasteiger partial charge is 0.361 e. The van der Waals surface area contributed by atoms with E-state index >= 15 is 0 Å². The monoisotopic (exact) mass is 378 g/mol. The number of hydrogen-bond donors (Lipinski definition) is 0. The highest BCUT2D eigenvalue weighted by Gasteiger charge is 2.24. The fourth-order valence-corrected chi connectivity index (χ4v) is 3.74. The number of carbonyl (C=O) groups is 1. The van der Waals surface area contributed by atoms with Gasteiger partial charge in [0.15, 0.2) is 10.8 Å². The van der Waals surface area contributed by atoms with Crippen molar-refractivity contribution in [2.24, 2.45) is 0 Å². The van der Waals surface area contributed by atoms with Gasteiger partial charge in [-0.1, -0.05) is 34.2 Å². The van der Waals surface area contributed by atoms with Crippen LogP contribution in [-0.2, 0) is 0 Å². The average molecular weight is 379 g/mol. The van der Waals surface area contributed by atoms with Crippen LogP contribution < -0.4 is 4.90 Å². The molecule has 0 bridgehead atoms. The number of aryl methyl sites for hydroxylation is 1. The molecule has 0 atom stereocenters. The summed E-state index contributed by atoms with van der Waals surface area (Å²) in [6, 6.07) is 7.27. The van der Waals surface area contributed by atoms with E-state index in [1.165, 1.54) is 11.3 Å². The predicted octanol–water partition coefficient (Wildman–Crippen LogP) is 3.84. The molecule has 2 aromatic heterocycles. The van der Waals surface area contributed by atoms with Crippen LogP contribution in [0.5, 0.6) is 0 Å². The molecule has 0 aliphatic heterocycles.